The maximum atomic E-state index is 16.0. The largest absolute Gasteiger partial charge is 0.461 e. The average molecular weight is 864 g/mol. The number of benzene rings is 3. The molecule has 4 aliphatic rings. The van der Waals surface area contributed by atoms with E-state index in [2.05, 4.69) is 5.32 Å². The Morgan fingerprint density at radius 1 is 0.857 bits per heavy atom. The lowest BCUT2D eigenvalue weighted by Crippen LogP contribution is -2.82. The normalized spacial score (nSPS) is 30.6. The van der Waals surface area contributed by atoms with Gasteiger partial charge in [-0.25, -0.2) is 4.79 Å². The molecule has 0 aromatic heterocycles. The summed E-state index contributed by atoms with van der Waals surface area (Å²) in [6, 6.07) is 24.6. The zero-order valence-corrected chi connectivity index (χ0v) is 36.4. The van der Waals surface area contributed by atoms with Crippen LogP contribution in [0.25, 0.3) is 6.08 Å². The van der Waals surface area contributed by atoms with Crippen LogP contribution in [0, 0.1) is 16.7 Å². The number of amides is 1. The first kappa shape index (κ1) is 45.1. The molecule has 0 unspecified atom stereocenters. The van der Waals surface area contributed by atoms with Gasteiger partial charge in [0.1, 0.15) is 23.9 Å². The second kappa shape index (κ2) is 17.3. The van der Waals surface area contributed by atoms with Crippen molar-refractivity contribution in [1.29, 1.82) is 0 Å². The zero-order chi connectivity index (χ0) is 45.5. The summed E-state index contributed by atoms with van der Waals surface area (Å²) in [5, 5.41) is 16.5. The van der Waals surface area contributed by atoms with E-state index in [1.807, 2.05) is 30.3 Å². The topological polar surface area (TPSA) is 190 Å². The molecule has 14 nitrogen and oxygen atoms in total. The number of Topliss-reactive ketones (excluding diaryl/α,β-unsaturated/α-hetero) is 1. The molecular formula is C49H53NO13. The number of ketones is 1. The minimum absolute atomic E-state index is 0.0683. The highest BCUT2D eigenvalue weighted by atomic mass is 16.6. The van der Waals surface area contributed by atoms with E-state index in [1.165, 1.54) is 26.8 Å². The third-order valence-electron chi connectivity index (χ3n) is 13.3. The van der Waals surface area contributed by atoms with Crippen molar-refractivity contribution in [3.8, 4) is 0 Å². The van der Waals surface area contributed by atoms with E-state index in [0.29, 0.717) is 22.4 Å². The standard InChI is InChI=1S/C49H53NO13/c1-28-36(60-29(2)51)25-49(57)44(58-26-33-15-10-8-11-16-33)42-47(7,37(61-30(3)52)24-38-48(42,27-59-38)63-31(4)53)43(55)41(40(28)46(49,5)6)62-39(54)22-21-32-17-14-20-35(23-32)50-45(56)34-18-12-9-13-19-34/h8-23,36-38,41-42,44,57H,24-27H2,1-7H3,(H,50,56)/b22-21+/t36-,37-,38+,41+,42-,44-,47+,48-,49+/m0/s1. The molecule has 1 amide bonds. The Morgan fingerprint density at radius 2 is 1.52 bits per heavy atom. The van der Waals surface area contributed by atoms with Crippen molar-refractivity contribution in [2.45, 2.75) is 110 Å². The maximum absolute atomic E-state index is 16.0. The van der Waals surface area contributed by atoms with Gasteiger partial charge in [0.05, 0.1) is 24.7 Å². The maximum Gasteiger partial charge on any atom is 0.331 e. The summed E-state index contributed by atoms with van der Waals surface area (Å²) in [6.07, 6.45) is -4.12. The van der Waals surface area contributed by atoms with Crippen LogP contribution in [-0.2, 0) is 59.0 Å². The molecule has 63 heavy (non-hydrogen) atoms. The first-order chi connectivity index (χ1) is 29.8. The number of ether oxygens (including phenoxy) is 6. The highest BCUT2D eigenvalue weighted by Gasteiger charge is 2.78. The van der Waals surface area contributed by atoms with Crippen LogP contribution in [0.2, 0.25) is 0 Å². The number of aliphatic hydroxyl groups is 1. The average Bonchev–Trinajstić information content (AvgIpc) is 3.22. The number of carbonyl (C=O) groups excluding carboxylic acids is 6. The Morgan fingerprint density at radius 3 is 2.14 bits per heavy atom. The zero-order valence-electron chi connectivity index (χ0n) is 36.4. The van der Waals surface area contributed by atoms with Gasteiger partial charge in [-0.15, -0.1) is 0 Å². The molecule has 2 bridgehead atoms. The Bertz CT molecular complexity index is 2360. The lowest BCUT2D eigenvalue weighted by Gasteiger charge is -2.68. The number of hydrogen-bond donors (Lipinski definition) is 2. The summed E-state index contributed by atoms with van der Waals surface area (Å²) >= 11 is 0. The predicted molar refractivity (Wildman–Crippen MR) is 227 cm³/mol. The molecule has 14 heteroatoms. The van der Waals surface area contributed by atoms with Crippen LogP contribution >= 0.6 is 0 Å². The van der Waals surface area contributed by atoms with Crippen LogP contribution in [0.5, 0.6) is 0 Å². The molecule has 0 spiro atoms. The van der Waals surface area contributed by atoms with Crippen molar-refractivity contribution in [3.05, 3.63) is 119 Å². The SMILES string of the molecule is CC(=O)O[C@H]1C[C@@]2(O)[C@@H](OCc3ccccc3)[C@@H]3[C@]4(OC(C)=O)CO[C@@H]4C[C@H](OC(C)=O)[C@@]3(C)C(=O)[C@H](OC(=O)/C=C/c3cccc(NC(=O)c4ccccc4)c3)C(=C1C)C2(C)C. The van der Waals surface area contributed by atoms with Gasteiger partial charge in [0, 0.05) is 62.3 Å². The van der Waals surface area contributed by atoms with E-state index in [4.69, 9.17) is 28.4 Å². The predicted octanol–water partition coefficient (Wildman–Crippen LogP) is 6.10. The molecule has 1 saturated heterocycles. The Labute approximate surface area is 365 Å². The summed E-state index contributed by atoms with van der Waals surface area (Å²) < 4.78 is 37.3. The van der Waals surface area contributed by atoms with Crippen molar-refractivity contribution in [1.82, 2.24) is 0 Å². The first-order valence-electron chi connectivity index (χ1n) is 21.0. The van der Waals surface area contributed by atoms with Crippen LogP contribution < -0.4 is 5.32 Å². The van der Waals surface area contributed by atoms with E-state index in [9.17, 15) is 29.1 Å². The number of rotatable bonds is 11. The highest BCUT2D eigenvalue weighted by Crippen LogP contribution is 2.65. The van der Waals surface area contributed by atoms with E-state index in [0.717, 1.165) is 11.6 Å². The van der Waals surface area contributed by atoms with E-state index in [-0.39, 0.29) is 37.5 Å². The van der Waals surface area contributed by atoms with E-state index in [1.54, 1.807) is 82.3 Å². The number of hydrogen-bond acceptors (Lipinski definition) is 13. The van der Waals surface area contributed by atoms with Gasteiger partial charge in [0.15, 0.2) is 17.5 Å². The van der Waals surface area contributed by atoms with Gasteiger partial charge in [-0.2, -0.15) is 0 Å². The number of fused-ring (bicyclic) bond motifs is 5. The van der Waals surface area contributed by atoms with Crippen molar-refractivity contribution in [2.24, 2.45) is 16.7 Å². The van der Waals surface area contributed by atoms with Crippen LogP contribution in [0.1, 0.15) is 82.8 Å². The molecule has 2 saturated carbocycles. The molecule has 3 aromatic rings. The summed E-state index contributed by atoms with van der Waals surface area (Å²) in [4.78, 5) is 81.8. The molecule has 3 aliphatic carbocycles. The molecule has 332 valence electrons. The monoisotopic (exact) mass is 863 g/mol. The van der Waals surface area contributed by atoms with Gasteiger partial charge >= 0.3 is 23.9 Å². The Balaban J connectivity index is 1.37. The van der Waals surface area contributed by atoms with Crippen molar-refractivity contribution in [2.75, 3.05) is 11.9 Å². The van der Waals surface area contributed by atoms with Crippen LogP contribution in [0.3, 0.4) is 0 Å². The second-order valence-corrected chi connectivity index (χ2v) is 17.6. The molecule has 2 N–H and O–H groups in total. The Kier molecular flexibility index (Phi) is 12.4. The van der Waals surface area contributed by atoms with Crippen molar-refractivity contribution >= 4 is 47.3 Å². The molecule has 9 atom stereocenters. The number of nitrogens with one attached hydrogen (secondary N) is 1. The lowest BCUT2D eigenvalue weighted by atomic mass is 9.44. The fourth-order valence-corrected chi connectivity index (χ4v) is 10.3. The fourth-order valence-electron chi connectivity index (χ4n) is 10.3. The van der Waals surface area contributed by atoms with Crippen LogP contribution in [0.15, 0.2) is 102 Å². The highest BCUT2D eigenvalue weighted by molar-refractivity contribution is 6.04. The van der Waals surface area contributed by atoms with Crippen LogP contribution in [0.4, 0.5) is 5.69 Å². The number of esters is 4. The molecular weight excluding hydrogens is 811 g/mol. The van der Waals surface area contributed by atoms with Crippen molar-refractivity contribution < 1.29 is 62.3 Å². The first-order valence-corrected chi connectivity index (χ1v) is 21.0. The van der Waals surface area contributed by atoms with Gasteiger partial charge < -0.3 is 38.8 Å². The van der Waals surface area contributed by atoms with E-state index >= 15 is 4.79 Å². The van der Waals surface area contributed by atoms with Crippen LogP contribution in [-0.4, -0.2) is 89.0 Å². The molecule has 3 aromatic carbocycles. The molecule has 1 heterocycles. The molecule has 3 fully saturated rings. The summed E-state index contributed by atoms with van der Waals surface area (Å²) in [5.41, 5.74) is -4.29. The number of anilines is 1. The van der Waals surface area contributed by atoms with Gasteiger partial charge in [-0.1, -0.05) is 74.5 Å². The smallest absolute Gasteiger partial charge is 0.331 e. The van der Waals surface area contributed by atoms with Gasteiger partial charge in [-0.3, -0.25) is 24.0 Å². The van der Waals surface area contributed by atoms with Gasteiger partial charge in [0.25, 0.3) is 5.91 Å². The Hall–Kier alpha value is -5.96. The minimum Gasteiger partial charge on any atom is -0.461 e. The minimum atomic E-state index is -2.06. The molecule has 1 aliphatic heterocycles. The second-order valence-electron chi connectivity index (χ2n) is 17.6. The lowest BCUT2D eigenvalue weighted by molar-refractivity contribution is -0.352. The molecule has 7 rings (SSSR count). The summed E-state index contributed by atoms with van der Waals surface area (Å²) in [6.45, 7) is 10.0. The van der Waals surface area contributed by atoms with Gasteiger partial charge in [-0.05, 0) is 66.5 Å². The third kappa shape index (κ3) is 8.23. The third-order valence-corrected chi connectivity index (χ3v) is 13.3. The van der Waals surface area contributed by atoms with E-state index < -0.39 is 88.1 Å². The van der Waals surface area contributed by atoms with Crippen molar-refractivity contribution in [3.63, 3.8) is 0 Å². The molecule has 0 radical (unpaired) electrons. The van der Waals surface area contributed by atoms with Gasteiger partial charge in [0.2, 0.25) is 0 Å². The quantitative estimate of drug-likeness (QED) is 0.0975. The fraction of sp³-hybridized carbons (Fsp3) is 0.429. The number of carbonyl (C=O) groups is 6. The summed E-state index contributed by atoms with van der Waals surface area (Å²) in [5.74, 6) is -5.34. The summed E-state index contributed by atoms with van der Waals surface area (Å²) in [7, 11) is 0.